The lowest BCUT2D eigenvalue weighted by Gasteiger charge is -2.15. The van der Waals surface area contributed by atoms with Crippen LogP contribution in [0.25, 0.3) is 11.6 Å². The number of methoxy groups -OCH3 is 1. The molecule has 0 aliphatic carbocycles. The molecule has 6 nitrogen and oxygen atoms in total. The Morgan fingerprint density at radius 2 is 1.82 bits per heavy atom. The Morgan fingerprint density at radius 1 is 1.09 bits per heavy atom. The van der Waals surface area contributed by atoms with Gasteiger partial charge in [0.2, 0.25) is 0 Å². The Labute approximate surface area is 206 Å². The molecule has 0 fully saturated rings. The summed E-state index contributed by atoms with van der Waals surface area (Å²) < 4.78 is 17.5. The van der Waals surface area contributed by atoms with Crippen LogP contribution in [-0.2, 0) is 4.79 Å². The zero-order chi connectivity index (χ0) is 23.6. The summed E-state index contributed by atoms with van der Waals surface area (Å²) in [6, 6.07) is 22.4. The van der Waals surface area contributed by atoms with Gasteiger partial charge in [-0.3, -0.25) is 4.79 Å². The molecule has 0 atom stereocenters. The van der Waals surface area contributed by atoms with Gasteiger partial charge in [-0.1, -0.05) is 18.2 Å². The highest BCUT2D eigenvalue weighted by Gasteiger charge is 2.14. The van der Waals surface area contributed by atoms with Crippen molar-refractivity contribution in [3.63, 3.8) is 0 Å². The zero-order valence-electron chi connectivity index (χ0n) is 18.3. The van der Waals surface area contributed by atoms with Crippen LogP contribution in [0.1, 0.15) is 18.1 Å². The molecule has 3 aromatic carbocycles. The van der Waals surface area contributed by atoms with Crippen molar-refractivity contribution in [2.24, 2.45) is 0 Å². The highest BCUT2D eigenvalue weighted by molar-refractivity contribution is 14.1. The fourth-order valence-electron chi connectivity index (χ4n) is 3.05. The van der Waals surface area contributed by atoms with E-state index in [4.69, 9.17) is 14.2 Å². The van der Waals surface area contributed by atoms with Gasteiger partial charge in [0.05, 0.1) is 28.9 Å². The molecule has 0 radical (unpaired) electrons. The smallest absolute Gasteiger partial charge is 0.262 e. The lowest BCUT2D eigenvalue weighted by molar-refractivity contribution is -0.118. The summed E-state index contributed by atoms with van der Waals surface area (Å²) in [6.45, 7) is 2.15. The highest BCUT2D eigenvalue weighted by atomic mass is 127. The maximum atomic E-state index is 12.3. The van der Waals surface area contributed by atoms with Gasteiger partial charge in [0.15, 0.2) is 18.1 Å². The van der Waals surface area contributed by atoms with Gasteiger partial charge < -0.3 is 19.5 Å². The number of hydrogen-bond acceptors (Lipinski definition) is 5. The molecule has 0 spiro atoms. The van der Waals surface area contributed by atoms with Crippen molar-refractivity contribution in [3.8, 4) is 23.3 Å². The zero-order valence-corrected chi connectivity index (χ0v) is 20.5. The van der Waals surface area contributed by atoms with Crippen molar-refractivity contribution in [2.45, 2.75) is 6.92 Å². The molecule has 0 aliphatic rings. The molecule has 33 heavy (non-hydrogen) atoms. The average Bonchev–Trinajstić information content (AvgIpc) is 2.83. The molecule has 0 unspecified atom stereocenters. The number of nitriles is 1. The Morgan fingerprint density at radius 3 is 2.45 bits per heavy atom. The molecule has 7 heteroatoms. The van der Waals surface area contributed by atoms with Gasteiger partial charge in [-0.2, -0.15) is 5.26 Å². The number of halogens is 1. The molecule has 1 amide bonds. The molecule has 0 bridgehead atoms. The van der Waals surface area contributed by atoms with Gasteiger partial charge in [-0.15, -0.1) is 0 Å². The van der Waals surface area contributed by atoms with E-state index in [1.54, 1.807) is 19.3 Å². The van der Waals surface area contributed by atoms with Crippen molar-refractivity contribution in [3.05, 3.63) is 81.4 Å². The van der Waals surface area contributed by atoms with Gasteiger partial charge >= 0.3 is 0 Å². The maximum Gasteiger partial charge on any atom is 0.262 e. The van der Waals surface area contributed by atoms with Gasteiger partial charge in [0, 0.05) is 5.69 Å². The predicted molar refractivity (Wildman–Crippen MR) is 137 cm³/mol. The molecular weight excluding hydrogens is 531 g/mol. The van der Waals surface area contributed by atoms with Crippen LogP contribution in [0.4, 0.5) is 5.69 Å². The van der Waals surface area contributed by atoms with Crippen LogP contribution >= 0.6 is 22.6 Å². The molecule has 0 heterocycles. The largest absolute Gasteiger partial charge is 0.497 e. The van der Waals surface area contributed by atoms with Gasteiger partial charge in [-0.05, 0) is 95.2 Å². The Bertz CT molecular complexity index is 1170. The first-order valence-electron chi connectivity index (χ1n) is 10.2. The van der Waals surface area contributed by atoms with Gasteiger partial charge in [-0.25, -0.2) is 0 Å². The quantitative estimate of drug-likeness (QED) is 0.206. The summed E-state index contributed by atoms with van der Waals surface area (Å²) in [4.78, 5) is 12.3. The summed E-state index contributed by atoms with van der Waals surface area (Å²) in [7, 11) is 1.60. The van der Waals surface area contributed by atoms with Crippen LogP contribution in [0, 0.1) is 14.9 Å². The fraction of sp³-hybridized carbons (Fsp3) is 0.154. The van der Waals surface area contributed by atoms with E-state index in [0.717, 1.165) is 20.4 Å². The Hall–Kier alpha value is -3.51. The number of ether oxygens (including phenoxy) is 3. The van der Waals surface area contributed by atoms with Crippen molar-refractivity contribution >= 4 is 45.8 Å². The van der Waals surface area contributed by atoms with E-state index in [2.05, 4.69) is 34.0 Å². The first kappa shape index (κ1) is 24.1. The van der Waals surface area contributed by atoms with Crippen LogP contribution in [0.2, 0.25) is 0 Å². The average molecular weight is 554 g/mol. The standard InChI is InChI=1S/C26H23IN2O4/c1-3-32-24-15-18(13-20(16-28)19-9-11-22(31-2)12-10-19)14-23(27)26(24)33-17-25(30)29-21-7-5-4-6-8-21/h4-15H,3,17H2,1-2H3,(H,29,30)/b20-13+. The minimum Gasteiger partial charge on any atom is -0.497 e. The van der Waals surface area contributed by atoms with Crippen molar-refractivity contribution in [2.75, 3.05) is 25.6 Å². The molecule has 1 N–H and O–H groups in total. The van der Waals surface area contributed by atoms with E-state index in [9.17, 15) is 10.1 Å². The predicted octanol–water partition coefficient (Wildman–Crippen LogP) is 5.78. The normalized spacial score (nSPS) is 10.8. The van der Waals surface area contributed by atoms with E-state index in [1.807, 2.05) is 67.6 Å². The number of nitrogens with zero attached hydrogens (tertiary/aromatic N) is 1. The van der Waals surface area contributed by atoms with Crippen molar-refractivity contribution < 1.29 is 19.0 Å². The maximum absolute atomic E-state index is 12.3. The first-order chi connectivity index (χ1) is 16.0. The van der Waals surface area contributed by atoms with E-state index in [-0.39, 0.29) is 12.5 Å². The number of anilines is 1. The minimum atomic E-state index is -0.269. The number of nitrogens with one attached hydrogen (secondary N) is 1. The molecule has 3 aromatic rings. The number of benzene rings is 3. The number of carbonyl (C=O) groups is 1. The Kier molecular flexibility index (Phi) is 8.72. The van der Waals surface area contributed by atoms with Crippen LogP contribution < -0.4 is 19.5 Å². The number of rotatable bonds is 9. The second kappa shape index (κ2) is 11.9. The topological polar surface area (TPSA) is 80.6 Å². The fourth-order valence-corrected chi connectivity index (χ4v) is 3.83. The van der Waals surface area contributed by atoms with Crippen LogP contribution in [-0.4, -0.2) is 26.2 Å². The third-order valence-corrected chi connectivity index (χ3v) is 5.37. The Balaban J connectivity index is 1.81. The van der Waals surface area contributed by atoms with Gasteiger partial charge in [0.1, 0.15) is 5.75 Å². The molecule has 3 rings (SSSR count). The third kappa shape index (κ3) is 6.73. The SMILES string of the molecule is CCOc1cc(/C=C(\C#N)c2ccc(OC)cc2)cc(I)c1OCC(=O)Nc1ccccc1. The van der Waals surface area contributed by atoms with Crippen molar-refractivity contribution in [1.29, 1.82) is 5.26 Å². The number of allylic oxidation sites excluding steroid dienone is 1. The van der Waals surface area contributed by atoms with Crippen LogP contribution in [0.5, 0.6) is 17.2 Å². The number of para-hydroxylation sites is 1. The molecule has 168 valence electrons. The summed E-state index contributed by atoms with van der Waals surface area (Å²) in [5.74, 6) is 1.45. The molecule has 0 saturated heterocycles. The van der Waals surface area contributed by atoms with Crippen molar-refractivity contribution in [1.82, 2.24) is 0 Å². The van der Waals surface area contributed by atoms with E-state index in [1.165, 1.54) is 0 Å². The summed E-state index contributed by atoms with van der Waals surface area (Å²) in [6.07, 6.45) is 1.79. The highest BCUT2D eigenvalue weighted by Crippen LogP contribution is 2.35. The molecule has 0 aliphatic heterocycles. The minimum absolute atomic E-state index is 0.157. The monoisotopic (exact) mass is 554 g/mol. The van der Waals surface area contributed by atoms with E-state index >= 15 is 0 Å². The van der Waals surface area contributed by atoms with Crippen LogP contribution in [0.15, 0.2) is 66.7 Å². The second-order valence-corrected chi connectivity index (χ2v) is 8.03. The van der Waals surface area contributed by atoms with Gasteiger partial charge in [0.25, 0.3) is 5.91 Å². The van der Waals surface area contributed by atoms with Crippen LogP contribution in [0.3, 0.4) is 0 Å². The number of amides is 1. The summed E-state index contributed by atoms with van der Waals surface area (Å²) in [5.41, 5.74) is 2.78. The first-order valence-corrected chi connectivity index (χ1v) is 11.3. The molecular formula is C26H23IN2O4. The lowest BCUT2D eigenvalue weighted by atomic mass is 10.0. The number of carbonyl (C=O) groups excluding carboxylic acids is 1. The van der Waals surface area contributed by atoms with E-state index < -0.39 is 0 Å². The summed E-state index contributed by atoms with van der Waals surface area (Å²) >= 11 is 2.14. The van der Waals surface area contributed by atoms with E-state index in [0.29, 0.717) is 29.4 Å². The number of hydrogen-bond donors (Lipinski definition) is 1. The summed E-state index contributed by atoms with van der Waals surface area (Å²) in [5, 5.41) is 12.5. The lowest BCUT2D eigenvalue weighted by Crippen LogP contribution is -2.20. The molecule has 0 saturated carbocycles. The third-order valence-electron chi connectivity index (χ3n) is 4.57. The molecule has 0 aromatic heterocycles. The second-order valence-electron chi connectivity index (χ2n) is 6.86.